The van der Waals surface area contributed by atoms with E-state index in [2.05, 4.69) is 18.8 Å². The number of halogens is 2. The van der Waals surface area contributed by atoms with Gasteiger partial charge in [-0.15, -0.1) is 0 Å². The first-order chi connectivity index (χ1) is 12.9. The fourth-order valence-corrected chi connectivity index (χ4v) is 5.33. The second kappa shape index (κ2) is 8.17. The highest BCUT2D eigenvalue weighted by atomic mass is 19.3. The molecule has 3 nitrogen and oxygen atoms in total. The molecular formula is C22H32F2N2O. The topological polar surface area (TPSA) is 47.3 Å². The molecule has 0 radical (unpaired) electrons. The molecule has 0 aromatic heterocycles. The number of benzene rings is 1. The van der Waals surface area contributed by atoms with Crippen LogP contribution in [0.25, 0.3) is 0 Å². The van der Waals surface area contributed by atoms with Crippen molar-refractivity contribution in [3.05, 3.63) is 48.3 Å². The normalized spacial score (nSPS) is 32.0. The Morgan fingerprint density at radius 1 is 1.30 bits per heavy atom. The average Bonchev–Trinajstić information content (AvgIpc) is 2.93. The summed E-state index contributed by atoms with van der Waals surface area (Å²) in [5.41, 5.74) is 6.80. The molecule has 27 heavy (non-hydrogen) atoms. The lowest BCUT2D eigenvalue weighted by atomic mass is 9.72. The van der Waals surface area contributed by atoms with Gasteiger partial charge >= 0.3 is 0 Å². The van der Waals surface area contributed by atoms with Crippen molar-refractivity contribution >= 4 is 0 Å². The Hall–Kier alpha value is -1.62. The quantitative estimate of drug-likeness (QED) is 0.690. The van der Waals surface area contributed by atoms with Gasteiger partial charge in [0, 0.05) is 19.4 Å². The average molecular weight is 379 g/mol. The third-order valence-corrected chi connectivity index (χ3v) is 6.76. The Morgan fingerprint density at radius 3 is 2.70 bits per heavy atom. The summed E-state index contributed by atoms with van der Waals surface area (Å²) in [7, 11) is 0. The molecule has 150 valence electrons. The Morgan fingerprint density at radius 2 is 2.04 bits per heavy atom. The molecule has 2 saturated carbocycles. The molecule has 3 rings (SSSR count). The van der Waals surface area contributed by atoms with Crippen molar-refractivity contribution in [1.82, 2.24) is 5.32 Å². The Bertz CT molecular complexity index is 636. The maximum atomic E-state index is 14.0. The molecule has 0 saturated heterocycles. The van der Waals surface area contributed by atoms with Crippen LogP contribution < -0.4 is 11.1 Å². The Balaban J connectivity index is 1.73. The summed E-state index contributed by atoms with van der Waals surface area (Å²) in [5.74, 6) is -1.46. The van der Waals surface area contributed by atoms with Crippen molar-refractivity contribution in [2.75, 3.05) is 13.2 Å². The number of ether oxygens (including phenoxy) is 1. The zero-order valence-electron chi connectivity index (χ0n) is 16.2. The van der Waals surface area contributed by atoms with E-state index in [1.807, 2.05) is 30.3 Å². The lowest BCUT2D eigenvalue weighted by molar-refractivity contribution is -0.0728. The van der Waals surface area contributed by atoms with Crippen LogP contribution in [0.15, 0.2) is 42.7 Å². The van der Waals surface area contributed by atoms with E-state index in [0.717, 1.165) is 18.4 Å². The third-order valence-electron chi connectivity index (χ3n) is 6.76. The second-order valence-corrected chi connectivity index (χ2v) is 8.43. The van der Waals surface area contributed by atoms with Crippen LogP contribution in [0.5, 0.6) is 0 Å². The zero-order valence-corrected chi connectivity index (χ0v) is 16.2. The molecular weight excluding hydrogens is 346 g/mol. The summed E-state index contributed by atoms with van der Waals surface area (Å²) >= 11 is 0. The Labute approximate surface area is 161 Å². The summed E-state index contributed by atoms with van der Waals surface area (Å²) in [6.45, 7) is 7.73. The van der Waals surface area contributed by atoms with Gasteiger partial charge in [0.15, 0.2) is 0 Å². The summed E-state index contributed by atoms with van der Waals surface area (Å²) in [6, 6.07) is 10.1. The smallest absolute Gasteiger partial charge is 0.248 e. The maximum absolute atomic E-state index is 14.0. The highest BCUT2D eigenvalue weighted by Crippen LogP contribution is 2.59. The van der Waals surface area contributed by atoms with Gasteiger partial charge in [-0.05, 0) is 48.0 Å². The molecule has 2 aliphatic carbocycles. The first-order valence-electron chi connectivity index (χ1n) is 10.0. The second-order valence-electron chi connectivity index (χ2n) is 8.43. The fourth-order valence-electron chi connectivity index (χ4n) is 5.33. The fraction of sp³-hybridized carbons (Fsp3) is 0.636. The lowest BCUT2D eigenvalue weighted by Gasteiger charge is -2.38. The number of hydrogen-bond donors (Lipinski definition) is 2. The number of nitrogens with two attached hydrogens (primary N) is 1. The van der Waals surface area contributed by atoms with Gasteiger partial charge in [0.25, 0.3) is 0 Å². The molecule has 0 bridgehead atoms. The van der Waals surface area contributed by atoms with Crippen LogP contribution in [0.3, 0.4) is 0 Å². The Kier molecular flexibility index (Phi) is 6.09. The molecule has 0 heterocycles. The maximum Gasteiger partial charge on any atom is 0.248 e. The van der Waals surface area contributed by atoms with Crippen molar-refractivity contribution < 1.29 is 13.5 Å². The van der Waals surface area contributed by atoms with Crippen molar-refractivity contribution in [2.45, 2.75) is 51.6 Å². The van der Waals surface area contributed by atoms with Crippen LogP contribution in [0.1, 0.15) is 44.6 Å². The lowest BCUT2D eigenvalue weighted by Crippen LogP contribution is -2.41. The molecule has 2 fully saturated rings. The van der Waals surface area contributed by atoms with Crippen molar-refractivity contribution in [2.24, 2.45) is 28.9 Å². The summed E-state index contributed by atoms with van der Waals surface area (Å²) in [4.78, 5) is 0. The molecule has 5 heteroatoms. The number of rotatable bonds is 8. The van der Waals surface area contributed by atoms with Crippen LogP contribution in [0, 0.1) is 23.2 Å². The van der Waals surface area contributed by atoms with Crippen LogP contribution >= 0.6 is 0 Å². The number of nitrogens with one attached hydrogen (secondary N) is 1. The van der Waals surface area contributed by atoms with E-state index in [-0.39, 0.29) is 30.1 Å². The summed E-state index contributed by atoms with van der Waals surface area (Å²) in [5, 5.41) is 3.19. The standard InChI is InChI=1S/C22H32F2N2O/c1-3-21(15-26-16(2)25)11-18-12-22(23,24)10-9-19(18)20(21)14-27-13-17-7-5-4-6-8-17/h4-8,18-20,26H,2-3,9-15,25H2,1H3. The van der Waals surface area contributed by atoms with Gasteiger partial charge in [0.2, 0.25) is 5.92 Å². The van der Waals surface area contributed by atoms with E-state index in [1.54, 1.807) is 0 Å². The third kappa shape index (κ3) is 4.63. The minimum absolute atomic E-state index is 0.000171. The van der Waals surface area contributed by atoms with Gasteiger partial charge in [-0.2, -0.15) is 0 Å². The minimum Gasteiger partial charge on any atom is -0.386 e. The van der Waals surface area contributed by atoms with Crippen molar-refractivity contribution in [1.29, 1.82) is 0 Å². The van der Waals surface area contributed by atoms with Crippen LogP contribution in [-0.4, -0.2) is 19.1 Å². The molecule has 0 amide bonds. The molecule has 1 aromatic rings. The monoisotopic (exact) mass is 378 g/mol. The molecule has 0 aliphatic heterocycles. The van der Waals surface area contributed by atoms with Gasteiger partial charge in [-0.3, -0.25) is 0 Å². The number of fused-ring (bicyclic) bond motifs is 1. The van der Waals surface area contributed by atoms with Crippen LogP contribution in [-0.2, 0) is 11.3 Å². The highest BCUT2D eigenvalue weighted by Gasteiger charge is 2.56. The molecule has 4 atom stereocenters. The molecule has 1 aromatic carbocycles. The SMILES string of the molecule is C=C(N)NCC1(CC)CC2CC(F)(F)CCC2C1COCc1ccccc1. The molecule has 2 aliphatic rings. The van der Waals surface area contributed by atoms with Gasteiger partial charge in [-0.25, -0.2) is 8.78 Å². The van der Waals surface area contributed by atoms with E-state index in [9.17, 15) is 8.78 Å². The van der Waals surface area contributed by atoms with E-state index in [0.29, 0.717) is 37.9 Å². The van der Waals surface area contributed by atoms with Crippen LogP contribution in [0.4, 0.5) is 8.78 Å². The van der Waals surface area contributed by atoms with Crippen molar-refractivity contribution in [3.63, 3.8) is 0 Å². The van der Waals surface area contributed by atoms with Crippen LogP contribution in [0.2, 0.25) is 0 Å². The van der Waals surface area contributed by atoms with E-state index >= 15 is 0 Å². The van der Waals surface area contributed by atoms with Crippen molar-refractivity contribution in [3.8, 4) is 0 Å². The first-order valence-corrected chi connectivity index (χ1v) is 10.0. The summed E-state index contributed by atoms with van der Waals surface area (Å²) in [6.07, 6.45) is 2.33. The van der Waals surface area contributed by atoms with E-state index in [1.165, 1.54) is 0 Å². The summed E-state index contributed by atoms with van der Waals surface area (Å²) < 4.78 is 34.2. The minimum atomic E-state index is -2.52. The molecule has 3 N–H and O–H groups in total. The van der Waals surface area contributed by atoms with Gasteiger partial charge in [0.05, 0.1) is 19.0 Å². The molecule has 0 spiro atoms. The van der Waals surface area contributed by atoms with E-state index in [4.69, 9.17) is 10.5 Å². The number of hydrogen-bond acceptors (Lipinski definition) is 3. The predicted octanol–water partition coefficient (Wildman–Crippen LogP) is 4.69. The first kappa shape index (κ1) is 20.1. The highest BCUT2D eigenvalue weighted by molar-refractivity contribution is 5.13. The zero-order chi connectivity index (χ0) is 19.5. The van der Waals surface area contributed by atoms with Gasteiger partial charge < -0.3 is 15.8 Å². The van der Waals surface area contributed by atoms with E-state index < -0.39 is 5.92 Å². The largest absolute Gasteiger partial charge is 0.386 e. The van der Waals surface area contributed by atoms with Gasteiger partial charge in [-0.1, -0.05) is 43.8 Å². The van der Waals surface area contributed by atoms with Gasteiger partial charge in [0.1, 0.15) is 0 Å². The molecule has 4 unspecified atom stereocenters. The number of alkyl halides is 2. The predicted molar refractivity (Wildman–Crippen MR) is 104 cm³/mol.